The quantitative estimate of drug-likeness (QED) is 0.421. The van der Waals surface area contributed by atoms with Crippen molar-refractivity contribution in [3.8, 4) is 0 Å². The first-order chi connectivity index (χ1) is 13.1. The summed E-state index contributed by atoms with van der Waals surface area (Å²) in [6, 6.07) is 9.29. The van der Waals surface area contributed by atoms with E-state index < -0.39 is 28.6 Å². The van der Waals surface area contributed by atoms with Crippen LogP contribution in [-0.4, -0.2) is 22.9 Å². The summed E-state index contributed by atoms with van der Waals surface area (Å²) in [5.74, 6) is -1.15. The third-order valence-corrected chi connectivity index (χ3v) is 4.53. The summed E-state index contributed by atoms with van der Waals surface area (Å²) in [5, 5.41) is 13.7. The molecule has 2 rings (SSSR count). The normalized spacial score (nSPS) is 11.8. The molecule has 8 heteroatoms. The highest BCUT2D eigenvalue weighted by Gasteiger charge is 2.23. The number of nitrogens with one attached hydrogen (secondary N) is 1. The molecule has 0 aromatic heterocycles. The molecule has 2 aromatic carbocycles. The van der Waals surface area contributed by atoms with Crippen LogP contribution in [0.25, 0.3) is 0 Å². The van der Waals surface area contributed by atoms with Crippen LogP contribution in [0.4, 0.5) is 11.4 Å². The molecule has 0 saturated carbocycles. The molecule has 0 radical (unpaired) electrons. The third-order valence-electron chi connectivity index (χ3n) is 4.21. The van der Waals surface area contributed by atoms with Crippen molar-refractivity contribution in [2.45, 2.75) is 39.7 Å². The smallest absolute Gasteiger partial charge is 0.339 e. The van der Waals surface area contributed by atoms with Crippen LogP contribution in [0.1, 0.15) is 48.2 Å². The van der Waals surface area contributed by atoms with E-state index in [1.54, 1.807) is 0 Å². The van der Waals surface area contributed by atoms with E-state index in [1.807, 2.05) is 39.0 Å². The minimum atomic E-state index is -1.10. The van der Waals surface area contributed by atoms with Gasteiger partial charge in [0.05, 0.1) is 10.5 Å². The Hall–Kier alpha value is -2.93. The first-order valence-electron chi connectivity index (χ1n) is 8.67. The van der Waals surface area contributed by atoms with Crippen LogP contribution in [0, 0.1) is 17.0 Å². The number of rotatable bonds is 6. The van der Waals surface area contributed by atoms with Gasteiger partial charge in [-0.2, -0.15) is 0 Å². The number of carbonyl (C=O) groups is 2. The van der Waals surface area contributed by atoms with Gasteiger partial charge in [-0.05, 0) is 43.0 Å². The Bertz CT molecular complexity index is 927. The van der Waals surface area contributed by atoms with Gasteiger partial charge < -0.3 is 10.1 Å². The summed E-state index contributed by atoms with van der Waals surface area (Å²) in [7, 11) is 0. The van der Waals surface area contributed by atoms with Crippen LogP contribution in [0.2, 0.25) is 5.02 Å². The highest BCUT2D eigenvalue weighted by molar-refractivity contribution is 6.32. The number of nitrogens with zero attached hydrogens (tertiary/aromatic N) is 1. The predicted molar refractivity (Wildman–Crippen MR) is 107 cm³/mol. The molecule has 0 saturated heterocycles. The molecule has 148 valence electrons. The predicted octanol–water partition coefficient (Wildman–Crippen LogP) is 4.86. The fourth-order valence-corrected chi connectivity index (χ4v) is 2.82. The molecule has 0 bridgehead atoms. The molecule has 1 amide bonds. The van der Waals surface area contributed by atoms with Crippen LogP contribution in [0.5, 0.6) is 0 Å². The monoisotopic (exact) mass is 404 g/mol. The number of para-hydroxylation sites is 1. The summed E-state index contributed by atoms with van der Waals surface area (Å²) in [4.78, 5) is 35.1. The molecular formula is C20H21ClN2O5. The topological polar surface area (TPSA) is 98.5 Å². The zero-order chi connectivity index (χ0) is 21.0. The number of ether oxygens (including phenoxy) is 1. The Balaban J connectivity index is 2.14. The third kappa shape index (κ3) is 4.86. The van der Waals surface area contributed by atoms with Crippen molar-refractivity contribution in [1.82, 2.24) is 0 Å². The highest BCUT2D eigenvalue weighted by Crippen LogP contribution is 2.28. The molecule has 0 spiro atoms. The van der Waals surface area contributed by atoms with Crippen molar-refractivity contribution in [1.29, 1.82) is 0 Å². The highest BCUT2D eigenvalue weighted by atomic mass is 35.5. The number of benzene rings is 2. The zero-order valence-electron chi connectivity index (χ0n) is 16.0. The van der Waals surface area contributed by atoms with Gasteiger partial charge in [-0.3, -0.25) is 14.9 Å². The minimum Gasteiger partial charge on any atom is -0.449 e. The molecule has 0 fully saturated rings. The van der Waals surface area contributed by atoms with E-state index in [9.17, 15) is 19.7 Å². The fourth-order valence-electron chi connectivity index (χ4n) is 2.63. The molecule has 0 aliphatic carbocycles. The van der Waals surface area contributed by atoms with E-state index in [0.29, 0.717) is 5.69 Å². The number of halogens is 1. The number of hydrogen-bond donors (Lipinski definition) is 1. The molecular weight excluding hydrogens is 384 g/mol. The lowest BCUT2D eigenvalue weighted by atomic mass is 9.98. The number of nitro groups is 1. The molecule has 7 nitrogen and oxygen atoms in total. The number of esters is 1. The van der Waals surface area contributed by atoms with Gasteiger partial charge in [0.2, 0.25) is 0 Å². The number of aryl methyl sites for hydroxylation is 1. The van der Waals surface area contributed by atoms with E-state index in [1.165, 1.54) is 19.1 Å². The van der Waals surface area contributed by atoms with E-state index in [-0.39, 0.29) is 16.5 Å². The minimum absolute atomic E-state index is 0.0606. The van der Waals surface area contributed by atoms with Crippen LogP contribution >= 0.6 is 11.6 Å². The molecule has 0 aliphatic rings. The van der Waals surface area contributed by atoms with Gasteiger partial charge in [0.15, 0.2) is 6.10 Å². The fraction of sp³-hybridized carbons (Fsp3) is 0.300. The van der Waals surface area contributed by atoms with Gasteiger partial charge in [-0.15, -0.1) is 0 Å². The van der Waals surface area contributed by atoms with E-state index >= 15 is 0 Å². The largest absolute Gasteiger partial charge is 0.449 e. The molecule has 1 N–H and O–H groups in total. The number of amides is 1. The summed E-state index contributed by atoms with van der Waals surface area (Å²) in [6.07, 6.45) is -1.10. The van der Waals surface area contributed by atoms with Crippen molar-refractivity contribution in [3.63, 3.8) is 0 Å². The molecule has 1 atom stereocenters. The van der Waals surface area contributed by atoms with Crippen molar-refractivity contribution in [3.05, 3.63) is 68.2 Å². The summed E-state index contributed by atoms with van der Waals surface area (Å²) < 4.78 is 5.17. The molecule has 2 aromatic rings. The second-order valence-electron chi connectivity index (χ2n) is 6.65. The second kappa shape index (κ2) is 8.84. The van der Waals surface area contributed by atoms with Gasteiger partial charge in [-0.1, -0.05) is 43.6 Å². The van der Waals surface area contributed by atoms with Gasteiger partial charge in [-0.25, -0.2) is 4.79 Å². The number of hydrogen-bond acceptors (Lipinski definition) is 5. The van der Waals surface area contributed by atoms with E-state index in [2.05, 4.69) is 5.32 Å². The van der Waals surface area contributed by atoms with E-state index in [0.717, 1.165) is 17.2 Å². The SMILES string of the molecule is Cc1cccc(C(C)C)c1NC(=O)[C@@H](C)OC(=O)c1ccc(Cl)c([N+](=O)[O-])c1. The maximum Gasteiger partial charge on any atom is 0.339 e. The average Bonchev–Trinajstić information content (AvgIpc) is 2.62. The summed E-state index contributed by atoms with van der Waals surface area (Å²) in [5.41, 5.74) is 2.09. The Morgan fingerprint density at radius 3 is 2.46 bits per heavy atom. The first kappa shape index (κ1) is 21.4. The second-order valence-corrected chi connectivity index (χ2v) is 7.06. The average molecular weight is 405 g/mol. The lowest BCUT2D eigenvalue weighted by Gasteiger charge is -2.19. The lowest BCUT2D eigenvalue weighted by molar-refractivity contribution is -0.384. The van der Waals surface area contributed by atoms with Crippen LogP contribution in [0.3, 0.4) is 0 Å². The molecule has 0 unspecified atom stereocenters. The Morgan fingerprint density at radius 2 is 1.86 bits per heavy atom. The Labute approximate surface area is 167 Å². The first-order valence-corrected chi connectivity index (χ1v) is 9.05. The van der Waals surface area contributed by atoms with Crippen molar-refractivity contribution in [2.24, 2.45) is 0 Å². The van der Waals surface area contributed by atoms with Crippen molar-refractivity contribution in [2.75, 3.05) is 5.32 Å². The van der Waals surface area contributed by atoms with Crippen LogP contribution < -0.4 is 5.32 Å². The molecule has 0 aliphatic heterocycles. The maximum atomic E-state index is 12.5. The van der Waals surface area contributed by atoms with Gasteiger partial charge in [0.25, 0.3) is 11.6 Å². The van der Waals surface area contributed by atoms with Gasteiger partial charge >= 0.3 is 5.97 Å². The number of nitro benzene ring substituents is 1. The lowest BCUT2D eigenvalue weighted by Crippen LogP contribution is -2.30. The zero-order valence-corrected chi connectivity index (χ0v) is 16.7. The van der Waals surface area contributed by atoms with Crippen molar-refractivity contribution >= 4 is 34.9 Å². The van der Waals surface area contributed by atoms with Gasteiger partial charge in [0.1, 0.15) is 5.02 Å². The summed E-state index contributed by atoms with van der Waals surface area (Å²) >= 11 is 5.74. The van der Waals surface area contributed by atoms with E-state index in [4.69, 9.17) is 16.3 Å². The molecule has 28 heavy (non-hydrogen) atoms. The Kier molecular flexibility index (Phi) is 6.75. The van der Waals surface area contributed by atoms with Crippen LogP contribution in [0.15, 0.2) is 36.4 Å². The standard InChI is InChI=1S/C20H21ClN2O5/c1-11(2)15-7-5-6-12(3)18(15)22-19(24)13(4)28-20(25)14-8-9-16(21)17(10-14)23(26)27/h5-11,13H,1-4H3,(H,22,24)/t13-/m1/s1. The molecule has 0 heterocycles. The van der Waals surface area contributed by atoms with Crippen LogP contribution in [-0.2, 0) is 9.53 Å². The maximum absolute atomic E-state index is 12.5. The van der Waals surface area contributed by atoms with Gasteiger partial charge in [0, 0.05) is 11.8 Å². The number of carbonyl (C=O) groups excluding carboxylic acids is 2. The number of anilines is 1. The summed E-state index contributed by atoms with van der Waals surface area (Å²) in [6.45, 7) is 7.35. The van der Waals surface area contributed by atoms with Crippen molar-refractivity contribution < 1.29 is 19.2 Å². The Morgan fingerprint density at radius 1 is 1.18 bits per heavy atom.